The van der Waals surface area contributed by atoms with E-state index in [4.69, 9.17) is 18.5 Å². The van der Waals surface area contributed by atoms with Crippen molar-refractivity contribution in [2.75, 3.05) is 47.5 Å². The van der Waals surface area contributed by atoms with E-state index >= 15 is 0 Å². The van der Waals surface area contributed by atoms with Gasteiger partial charge in [-0.3, -0.25) is 14.2 Å². The zero-order chi connectivity index (χ0) is 65.5. The highest BCUT2D eigenvalue weighted by Crippen LogP contribution is 2.38. The van der Waals surface area contributed by atoms with E-state index in [1.807, 2.05) is 21.1 Å². The number of allylic oxidation sites excluding steroid dienone is 14. The molecule has 0 N–H and O–H groups in total. The summed E-state index contributed by atoms with van der Waals surface area (Å²) in [4.78, 5) is 38.1. The van der Waals surface area contributed by atoms with Gasteiger partial charge in [0.2, 0.25) is 0 Å². The van der Waals surface area contributed by atoms with E-state index in [9.17, 15) is 19.0 Å². The number of carbonyl (C=O) groups is 2. The first-order valence-corrected chi connectivity index (χ1v) is 39.8. The van der Waals surface area contributed by atoms with Gasteiger partial charge in [-0.2, -0.15) is 0 Å². The van der Waals surface area contributed by atoms with E-state index < -0.39 is 26.5 Å². The van der Waals surface area contributed by atoms with Gasteiger partial charge in [-0.15, -0.1) is 0 Å². The van der Waals surface area contributed by atoms with Crippen molar-refractivity contribution < 1.29 is 42.1 Å². The molecule has 0 aromatic heterocycles. The van der Waals surface area contributed by atoms with Crippen LogP contribution in [0.1, 0.15) is 361 Å². The van der Waals surface area contributed by atoms with Crippen LogP contribution in [-0.2, 0) is 32.7 Å². The fourth-order valence-electron chi connectivity index (χ4n) is 11.1. The molecule has 2 atom stereocenters. The minimum absolute atomic E-state index is 0.0318. The maximum Gasteiger partial charge on any atom is 0.306 e. The Bertz CT molecular complexity index is 1800. The van der Waals surface area contributed by atoms with Gasteiger partial charge in [0, 0.05) is 12.8 Å². The Morgan fingerprint density at radius 3 is 0.944 bits per heavy atom. The molecule has 524 valence electrons. The van der Waals surface area contributed by atoms with Crippen LogP contribution < -0.4 is 4.89 Å². The Morgan fingerprint density at radius 1 is 0.356 bits per heavy atom. The normalized spacial score (nSPS) is 13.5. The predicted molar refractivity (Wildman–Crippen MR) is 388 cm³/mol. The smallest absolute Gasteiger partial charge is 0.306 e. The second kappa shape index (κ2) is 70.5. The third-order valence-corrected chi connectivity index (χ3v) is 17.9. The minimum Gasteiger partial charge on any atom is -0.756 e. The molecule has 0 amide bonds. The summed E-state index contributed by atoms with van der Waals surface area (Å²) >= 11 is 0. The first-order chi connectivity index (χ1) is 44.0. The molecule has 0 saturated heterocycles. The van der Waals surface area contributed by atoms with Crippen LogP contribution in [0.15, 0.2) is 85.1 Å². The second-order valence-corrected chi connectivity index (χ2v) is 28.4. The van der Waals surface area contributed by atoms with Crippen molar-refractivity contribution in [1.29, 1.82) is 0 Å². The quantitative estimate of drug-likeness (QED) is 0.0195. The summed E-state index contributed by atoms with van der Waals surface area (Å²) in [6.07, 6.45) is 97.0. The number of likely N-dealkylation sites (N-methyl/N-ethyl adjacent to an activating group) is 1. The average molecular weight is 1280 g/mol. The molecular weight excluding hydrogens is 1130 g/mol. The van der Waals surface area contributed by atoms with Gasteiger partial charge in [0.05, 0.1) is 27.7 Å². The molecule has 0 bridgehead atoms. The third-order valence-electron chi connectivity index (χ3n) is 16.9. The highest BCUT2D eigenvalue weighted by molar-refractivity contribution is 7.45. The van der Waals surface area contributed by atoms with Crippen LogP contribution in [-0.4, -0.2) is 70.0 Å². The van der Waals surface area contributed by atoms with Gasteiger partial charge < -0.3 is 27.9 Å². The van der Waals surface area contributed by atoms with Gasteiger partial charge in [0.15, 0.2) is 6.10 Å². The van der Waals surface area contributed by atoms with Crippen LogP contribution in [0, 0.1) is 0 Å². The summed E-state index contributed by atoms with van der Waals surface area (Å²) in [6, 6.07) is 0. The lowest BCUT2D eigenvalue weighted by atomic mass is 10.0. The van der Waals surface area contributed by atoms with Crippen molar-refractivity contribution in [3.8, 4) is 0 Å². The highest BCUT2D eigenvalue weighted by Gasteiger charge is 2.22. The maximum atomic E-state index is 12.9. The molecule has 0 rings (SSSR count). The van der Waals surface area contributed by atoms with Gasteiger partial charge in [-0.05, 0) is 89.9 Å². The Hall–Kier alpha value is -2.81. The molecule has 0 spiro atoms. The molecule has 0 aromatic rings. The number of nitrogens with zero attached hydrogens (tertiary/aromatic N) is 1. The topological polar surface area (TPSA) is 111 Å². The SMILES string of the molecule is CC/C=C\C/C=C\C/C=C\C/C=C\CCCCCCCCCCCCCCC(=O)OC(COC(=O)CCCCCCCCCCCCCCCCCCCCCCCCCCCC/C=C\C/C=C\C/C=C\CCCCCCC)COP(=O)([O-])OCC[N+](C)(C)C. The number of unbranched alkanes of at least 4 members (excludes halogenated alkanes) is 43. The number of ether oxygens (including phenoxy) is 2. The maximum absolute atomic E-state index is 12.9. The molecule has 0 fully saturated rings. The summed E-state index contributed by atoms with van der Waals surface area (Å²) in [5.41, 5.74) is 0. The van der Waals surface area contributed by atoms with E-state index in [2.05, 4.69) is 98.9 Å². The summed E-state index contributed by atoms with van der Waals surface area (Å²) in [7, 11) is 1.17. The number of hydrogen-bond acceptors (Lipinski definition) is 8. The molecule has 2 unspecified atom stereocenters. The number of hydrogen-bond donors (Lipinski definition) is 0. The van der Waals surface area contributed by atoms with E-state index in [-0.39, 0.29) is 32.0 Å². The first kappa shape index (κ1) is 87.2. The van der Waals surface area contributed by atoms with Crippen molar-refractivity contribution in [2.24, 2.45) is 0 Å². The summed E-state index contributed by atoms with van der Waals surface area (Å²) < 4.78 is 34.4. The molecule has 0 saturated carbocycles. The number of carbonyl (C=O) groups excluding carboxylic acids is 2. The van der Waals surface area contributed by atoms with E-state index in [0.29, 0.717) is 17.4 Å². The van der Waals surface area contributed by atoms with Crippen LogP contribution >= 0.6 is 7.82 Å². The fraction of sp³-hybridized carbons (Fsp3) is 0.800. The number of esters is 2. The van der Waals surface area contributed by atoms with Gasteiger partial charge in [0.1, 0.15) is 19.8 Å². The van der Waals surface area contributed by atoms with Gasteiger partial charge in [-0.1, -0.05) is 343 Å². The molecule has 0 aliphatic rings. The predicted octanol–water partition coefficient (Wildman–Crippen LogP) is 24.6. The Kier molecular flexibility index (Phi) is 68.3. The number of quaternary nitrogens is 1. The third kappa shape index (κ3) is 74.2. The van der Waals surface area contributed by atoms with Gasteiger partial charge >= 0.3 is 11.9 Å². The largest absolute Gasteiger partial charge is 0.756 e. The van der Waals surface area contributed by atoms with Crippen LogP contribution in [0.3, 0.4) is 0 Å². The first-order valence-electron chi connectivity index (χ1n) is 38.3. The lowest BCUT2D eigenvalue weighted by Crippen LogP contribution is -2.37. The van der Waals surface area contributed by atoms with Crippen molar-refractivity contribution >= 4 is 19.8 Å². The summed E-state index contributed by atoms with van der Waals surface area (Å²) in [6.45, 7) is 4.16. The molecule has 0 aliphatic carbocycles. The van der Waals surface area contributed by atoms with E-state index in [1.54, 1.807) is 0 Å². The molecule has 10 heteroatoms. The van der Waals surface area contributed by atoms with Crippen molar-refractivity contribution in [3.63, 3.8) is 0 Å². The second-order valence-electron chi connectivity index (χ2n) is 27.0. The zero-order valence-electron chi connectivity index (χ0n) is 59.8. The summed E-state index contributed by atoms with van der Waals surface area (Å²) in [5.74, 6) is -0.822. The summed E-state index contributed by atoms with van der Waals surface area (Å²) in [5, 5.41) is 0. The number of rotatable bonds is 71. The van der Waals surface area contributed by atoms with Crippen molar-refractivity contribution in [1.82, 2.24) is 0 Å². The van der Waals surface area contributed by atoms with Gasteiger partial charge in [0.25, 0.3) is 7.82 Å². The monoisotopic (exact) mass is 1280 g/mol. The van der Waals surface area contributed by atoms with Crippen molar-refractivity contribution in [3.05, 3.63) is 85.1 Å². The lowest BCUT2D eigenvalue weighted by molar-refractivity contribution is -0.870. The van der Waals surface area contributed by atoms with E-state index in [1.165, 1.54) is 250 Å². The standard InChI is InChI=1S/C80H146NO8P/c1-6-8-10-12-14-16-18-20-22-24-26-28-30-32-33-34-35-36-37-38-39-40-41-42-43-44-45-46-47-49-50-52-54-56-58-60-62-64-66-68-70-72-79(82)86-76-78(77-88-90(84,85)87-75-74-81(3,4)5)89-80(83)73-71-69-67-65-63-61-59-57-55-53-51-48-31-29-27-25-23-21-19-17-15-13-11-9-7-2/h9,11,15,17-18,20-21,23-24,26-27,29-30,32,78H,6-8,10,12-14,16,19,22,25,28,31,33-77H2,1-5H3/b11-9-,17-15-,20-18-,23-21-,26-24-,29-27-,32-30-. The number of phosphoric ester groups is 1. The highest BCUT2D eigenvalue weighted by atomic mass is 31.2. The minimum atomic E-state index is -4.65. The number of phosphoric acid groups is 1. The van der Waals surface area contributed by atoms with Gasteiger partial charge in [-0.25, -0.2) is 0 Å². The van der Waals surface area contributed by atoms with Crippen LogP contribution in [0.2, 0.25) is 0 Å². The molecule has 90 heavy (non-hydrogen) atoms. The Labute approximate surface area is 558 Å². The molecule has 9 nitrogen and oxygen atoms in total. The molecular formula is C80H146NO8P. The zero-order valence-corrected chi connectivity index (χ0v) is 60.7. The molecule has 0 radical (unpaired) electrons. The van der Waals surface area contributed by atoms with Crippen LogP contribution in [0.25, 0.3) is 0 Å². The lowest BCUT2D eigenvalue weighted by Gasteiger charge is -2.28. The Morgan fingerprint density at radius 2 is 0.633 bits per heavy atom. The Balaban J connectivity index is 3.91. The molecule has 0 aromatic carbocycles. The average Bonchev–Trinajstić information content (AvgIpc) is 3.58. The van der Waals surface area contributed by atoms with E-state index in [0.717, 1.165) is 77.0 Å². The van der Waals surface area contributed by atoms with Crippen LogP contribution in [0.5, 0.6) is 0 Å². The molecule has 0 aliphatic heterocycles. The fourth-order valence-corrected chi connectivity index (χ4v) is 11.8. The van der Waals surface area contributed by atoms with Crippen molar-refractivity contribution in [2.45, 2.75) is 367 Å². The molecule has 0 heterocycles. The van der Waals surface area contributed by atoms with Crippen LogP contribution in [0.4, 0.5) is 0 Å².